The molecule has 0 heterocycles. The lowest BCUT2D eigenvalue weighted by Gasteiger charge is -2.16. The number of amides is 1. The van der Waals surface area contributed by atoms with Gasteiger partial charge in [0.1, 0.15) is 5.82 Å². The molecule has 0 aliphatic heterocycles. The Balaban J connectivity index is 2.48. The van der Waals surface area contributed by atoms with Crippen molar-refractivity contribution in [1.29, 1.82) is 0 Å². The van der Waals surface area contributed by atoms with Crippen molar-refractivity contribution in [2.75, 3.05) is 6.54 Å². The molecule has 1 aromatic rings. The molecule has 2 N–H and O–H groups in total. The molecular weight excluding hydrogens is 221 g/mol. The van der Waals surface area contributed by atoms with Crippen LogP contribution in [0.25, 0.3) is 6.08 Å². The van der Waals surface area contributed by atoms with Crippen LogP contribution in [0.2, 0.25) is 0 Å². The molecule has 1 amide bonds. The quantitative estimate of drug-likeness (QED) is 0.783. The fourth-order valence-electron chi connectivity index (χ4n) is 1.11. The molecule has 0 spiro atoms. The number of benzene rings is 1. The van der Waals surface area contributed by atoms with Gasteiger partial charge in [-0.3, -0.25) is 4.79 Å². The summed E-state index contributed by atoms with van der Waals surface area (Å²) in [6, 6.07) is 5.81. The van der Waals surface area contributed by atoms with Gasteiger partial charge in [0.15, 0.2) is 0 Å². The number of hydrogen-bond donors (Lipinski definition) is 2. The number of carbonyl (C=O) groups excluding carboxylic acids is 1. The first kappa shape index (κ1) is 13.4. The standard InChI is InChI=1S/C13H16FNO2/c1-13(2,17)9-15-12(16)8-5-10-3-6-11(14)7-4-10/h3-8,17H,9H2,1-2H3,(H,15,16). The van der Waals surface area contributed by atoms with E-state index in [9.17, 15) is 14.3 Å². The van der Waals surface area contributed by atoms with Gasteiger partial charge in [-0.15, -0.1) is 0 Å². The monoisotopic (exact) mass is 237 g/mol. The van der Waals surface area contributed by atoms with Crippen LogP contribution < -0.4 is 5.32 Å². The zero-order valence-corrected chi connectivity index (χ0v) is 9.90. The molecule has 1 rings (SSSR count). The third-order valence-corrected chi connectivity index (χ3v) is 1.99. The van der Waals surface area contributed by atoms with Gasteiger partial charge in [-0.1, -0.05) is 12.1 Å². The molecule has 0 unspecified atom stereocenters. The van der Waals surface area contributed by atoms with Crippen molar-refractivity contribution in [3.05, 3.63) is 41.7 Å². The third kappa shape index (κ3) is 5.82. The zero-order valence-electron chi connectivity index (χ0n) is 9.90. The molecule has 0 radical (unpaired) electrons. The summed E-state index contributed by atoms with van der Waals surface area (Å²) in [7, 11) is 0. The molecule has 1 aromatic carbocycles. The van der Waals surface area contributed by atoms with Crippen molar-refractivity contribution in [2.24, 2.45) is 0 Å². The highest BCUT2D eigenvalue weighted by atomic mass is 19.1. The lowest BCUT2D eigenvalue weighted by atomic mass is 10.1. The molecule has 0 aliphatic carbocycles. The van der Waals surface area contributed by atoms with Gasteiger partial charge in [-0.25, -0.2) is 4.39 Å². The molecule has 92 valence electrons. The molecule has 0 atom stereocenters. The van der Waals surface area contributed by atoms with Crippen LogP contribution in [0.4, 0.5) is 4.39 Å². The van der Waals surface area contributed by atoms with Crippen molar-refractivity contribution in [3.8, 4) is 0 Å². The molecule has 0 saturated heterocycles. The predicted molar refractivity (Wildman–Crippen MR) is 64.7 cm³/mol. The summed E-state index contributed by atoms with van der Waals surface area (Å²) in [4.78, 5) is 11.3. The van der Waals surface area contributed by atoms with Crippen LogP contribution in [0.15, 0.2) is 30.3 Å². The number of halogens is 1. The lowest BCUT2D eigenvalue weighted by molar-refractivity contribution is -0.117. The van der Waals surface area contributed by atoms with Gasteiger partial charge in [-0.05, 0) is 37.6 Å². The second-order valence-corrected chi connectivity index (χ2v) is 4.42. The largest absolute Gasteiger partial charge is 0.389 e. The molecule has 3 nitrogen and oxygen atoms in total. The predicted octanol–water partition coefficient (Wildman–Crippen LogP) is 1.73. The van der Waals surface area contributed by atoms with E-state index in [4.69, 9.17) is 0 Å². The first-order chi connectivity index (χ1) is 7.87. The Kier molecular flexibility index (Phi) is 4.40. The first-order valence-corrected chi connectivity index (χ1v) is 5.31. The van der Waals surface area contributed by atoms with Crippen molar-refractivity contribution < 1.29 is 14.3 Å². The van der Waals surface area contributed by atoms with E-state index in [0.717, 1.165) is 5.56 Å². The van der Waals surface area contributed by atoms with Gasteiger partial charge in [0.05, 0.1) is 5.60 Å². The van der Waals surface area contributed by atoms with Crippen LogP contribution in [0.1, 0.15) is 19.4 Å². The highest BCUT2D eigenvalue weighted by Gasteiger charge is 2.12. The van der Waals surface area contributed by atoms with Crippen LogP contribution in [-0.2, 0) is 4.79 Å². The maximum Gasteiger partial charge on any atom is 0.244 e. The molecule has 17 heavy (non-hydrogen) atoms. The minimum Gasteiger partial charge on any atom is -0.389 e. The smallest absolute Gasteiger partial charge is 0.244 e. The highest BCUT2D eigenvalue weighted by Crippen LogP contribution is 2.04. The van der Waals surface area contributed by atoms with Gasteiger partial charge in [0, 0.05) is 12.6 Å². The molecular formula is C13H16FNO2. The van der Waals surface area contributed by atoms with Crippen LogP contribution in [0, 0.1) is 5.82 Å². The van der Waals surface area contributed by atoms with Crippen LogP contribution >= 0.6 is 0 Å². The zero-order chi connectivity index (χ0) is 12.9. The number of hydrogen-bond acceptors (Lipinski definition) is 2. The topological polar surface area (TPSA) is 49.3 Å². The van der Waals surface area contributed by atoms with E-state index in [-0.39, 0.29) is 18.3 Å². The van der Waals surface area contributed by atoms with E-state index in [0.29, 0.717) is 0 Å². The second kappa shape index (κ2) is 5.59. The summed E-state index contributed by atoms with van der Waals surface area (Å²) in [5.74, 6) is -0.606. The molecule has 0 aromatic heterocycles. The highest BCUT2D eigenvalue weighted by molar-refractivity contribution is 5.91. The van der Waals surface area contributed by atoms with Crippen LogP contribution in [0.5, 0.6) is 0 Å². The maximum atomic E-state index is 12.6. The number of rotatable bonds is 4. The summed E-state index contributed by atoms with van der Waals surface area (Å²) in [6.45, 7) is 3.40. The van der Waals surface area contributed by atoms with E-state index in [2.05, 4.69) is 5.32 Å². The SMILES string of the molecule is CC(C)(O)CNC(=O)C=Cc1ccc(F)cc1. The van der Waals surface area contributed by atoms with E-state index in [1.807, 2.05) is 0 Å². The van der Waals surface area contributed by atoms with Crippen molar-refractivity contribution in [1.82, 2.24) is 5.32 Å². The normalized spacial score (nSPS) is 11.8. The van der Waals surface area contributed by atoms with Gasteiger partial charge in [-0.2, -0.15) is 0 Å². The van der Waals surface area contributed by atoms with Gasteiger partial charge < -0.3 is 10.4 Å². The minimum absolute atomic E-state index is 0.180. The fraction of sp³-hybridized carbons (Fsp3) is 0.308. The fourth-order valence-corrected chi connectivity index (χ4v) is 1.11. The van der Waals surface area contributed by atoms with Crippen molar-refractivity contribution in [2.45, 2.75) is 19.4 Å². The lowest BCUT2D eigenvalue weighted by Crippen LogP contribution is -2.37. The summed E-state index contributed by atoms with van der Waals surface area (Å²) in [5.41, 5.74) is -0.191. The molecule has 0 bridgehead atoms. The van der Waals surface area contributed by atoms with Gasteiger partial charge in [0.25, 0.3) is 0 Å². The van der Waals surface area contributed by atoms with Crippen molar-refractivity contribution in [3.63, 3.8) is 0 Å². The maximum absolute atomic E-state index is 12.6. The summed E-state index contributed by atoms with van der Waals surface area (Å²) >= 11 is 0. The number of aliphatic hydroxyl groups is 1. The Morgan fingerprint density at radius 2 is 2.00 bits per heavy atom. The molecule has 0 saturated carbocycles. The summed E-state index contributed by atoms with van der Waals surface area (Å²) in [6.07, 6.45) is 2.93. The molecule has 0 fully saturated rings. The summed E-state index contributed by atoms with van der Waals surface area (Å²) in [5, 5.41) is 12.0. The Labute approximate surface area is 100.0 Å². The second-order valence-electron chi connectivity index (χ2n) is 4.42. The Morgan fingerprint density at radius 1 is 1.41 bits per heavy atom. The van der Waals surface area contributed by atoms with E-state index in [1.54, 1.807) is 32.1 Å². The van der Waals surface area contributed by atoms with E-state index >= 15 is 0 Å². The third-order valence-electron chi connectivity index (χ3n) is 1.99. The summed E-state index contributed by atoms with van der Waals surface area (Å²) < 4.78 is 12.6. The van der Waals surface area contributed by atoms with Crippen molar-refractivity contribution >= 4 is 12.0 Å². The Morgan fingerprint density at radius 3 is 2.53 bits per heavy atom. The van der Waals surface area contributed by atoms with E-state index in [1.165, 1.54) is 18.2 Å². The average Bonchev–Trinajstić information content (AvgIpc) is 2.25. The first-order valence-electron chi connectivity index (χ1n) is 5.31. The van der Waals surface area contributed by atoms with Gasteiger partial charge in [0.2, 0.25) is 5.91 Å². The van der Waals surface area contributed by atoms with Crippen LogP contribution in [-0.4, -0.2) is 23.2 Å². The number of carbonyl (C=O) groups is 1. The van der Waals surface area contributed by atoms with Gasteiger partial charge >= 0.3 is 0 Å². The minimum atomic E-state index is -0.931. The average molecular weight is 237 g/mol. The van der Waals surface area contributed by atoms with E-state index < -0.39 is 5.60 Å². The Bertz CT molecular complexity index is 404. The number of nitrogens with one attached hydrogen (secondary N) is 1. The molecule has 4 heteroatoms. The Hall–Kier alpha value is -1.68. The molecule has 0 aliphatic rings. The van der Waals surface area contributed by atoms with Crippen LogP contribution in [0.3, 0.4) is 0 Å².